The minimum atomic E-state index is -0.967. The molecule has 1 aliphatic heterocycles. The Morgan fingerprint density at radius 1 is 0.972 bits per heavy atom. The van der Waals surface area contributed by atoms with Gasteiger partial charge in [-0.3, -0.25) is 20.0 Å². The molecule has 36 heavy (non-hydrogen) atoms. The number of nitrogens with one attached hydrogen (secondary N) is 1. The first-order valence-corrected chi connectivity index (χ1v) is 11.5. The third kappa shape index (κ3) is 4.27. The molecule has 2 aromatic carbocycles. The standard InChI is InChI=1S/C27H23N5O4/c28-31-25(33)20-14-23(30-22-11-12-29-15-21(20)22)18-7-3-16(4-8-18)17-5-9-19(10-6-17)26(34)32-13-1-2-24(32)27(35)36/h3-12,14-15,24H,1-2,13,28H2,(H,31,33)(H,35,36)/t24-/m1/s1. The number of carbonyl (C=O) groups is 3. The van der Waals surface area contributed by atoms with Crippen LogP contribution in [0.4, 0.5) is 0 Å². The number of hydrogen-bond donors (Lipinski definition) is 3. The van der Waals surface area contributed by atoms with Gasteiger partial charge < -0.3 is 10.0 Å². The molecule has 2 amide bonds. The highest BCUT2D eigenvalue weighted by atomic mass is 16.4. The molecule has 0 saturated carbocycles. The molecule has 9 heteroatoms. The lowest BCUT2D eigenvalue weighted by Crippen LogP contribution is -2.40. The van der Waals surface area contributed by atoms with E-state index in [1.54, 1.807) is 36.7 Å². The molecule has 0 bridgehead atoms. The van der Waals surface area contributed by atoms with Crippen molar-refractivity contribution >= 4 is 28.7 Å². The van der Waals surface area contributed by atoms with E-state index in [-0.39, 0.29) is 5.91 Å². The number of rotatable bonds is 5. The molecule has 1 saturated heterocycles. The number of benzene rings is 2. The second kappa shape index (κ2) is 9.55. The molecule has 180 valence electrons. The Balaban J connectivity index is 1.40. The molecule has 5 rings (SSSR count). The molecule has 0 radical (unpaired) electrons. The van der Waals surface area contributed by atoms with Crippen molar-refractivity contribution in [2.24, 2.45) is 5.84 Å². The van der Waals surface area contributed by atoms with E-state index in [1.807, 2.05) is 36.4 Å². The summed E-state index contributed by atoms with van der Waals surface area (Å²) in [6, 6.07) is 17.5. The number of carboxylic acid groups (broad SMARTS) is 1. The molecule has 9 nitrogen and oxygen atoms in total. The number of carbonyl (C=O) groups excluding carboxylic acids is 2. The smallest absolute Gasteiger partial charge is 0.326 e. The van der Waals surface area contributed by atoms with Crippen molar-refractivity contribution < 1.29 is 19.5 Å². The van der Waals surface area contributed by atoms with Crippen LogP contribution in [0.2, 0.25) is 0 Å². The number of fused-ring (bicyclic) bond motifs is 1. The molecule has 0 spiro atoms. The number of aromatic nitrogens is 2. The minimum Gasteiger partial charge on any atom is -0.480 e. The largest absolute Gasteiger partial charge is 0.480 e. The van der Waals surface area contributed by atoms with Crippen LogP contribution in [0.3, 0.4) is 0 Å². The fourth-order valence-corrected chi connectivity index (χ4v) is 4.55. The first kappa shape index (κ1) is 23.1. The summed E-state index contributed by atoms with van der Waals surface area (Å²) in [6.45, 7) is 0.451. The maximum atomic E-state index is 12.8. The molecule has 0 aliphatic carbocycles. The number of carboxylic acids is 1. The lowest BCUT2D eigenvalue weighted by Gasteiger charge is -2.21. The molecule has 1 fully saturated rings. The van der Waals surface area contributed by atoms with Crippen LogP contribution >= 0.6 is 0 Å². The van der Waals surface area contributed by atoms with Crippen LogP contribution in [-0.4, -0.2) is 50.3 Å². The highest BCUT2D eigenvalue weighted by Crippen LogP contribution is 2.28. The van der Waals surface area contributed by atoms with Crippen molar-refractivity contribution in [1.29, 1.82) is 0 Å². The first-order valence-electron chi connectivity index (χ1n) is 11.5. The Morgan fingerprint density at radius 2 is 1.64 bits per heavy atom. The fraction of sp³-hybridized carbons (Fsp3) is 0.148. The van der Waals surface area contributed by atoms with Gasteiger partial charge >= 0.3 is 5.97 Å². The molecule has 4 N–H and O–H groups in total. The number of pyridine rings is 2. The number of likely N-dealkylation sites (tertiary alicyclic amines) is 1. The van der Waals surface area contributed by atoms with Crippen molar-refractivity contribution in [3.63, 3.8) is 0 Å². The van der Waals surface area contributed by atoms with E-state index in [2.05, 4.69) is 15.4 Å². The van der Waals surface area contributed by atoms with Gasteiger partial charge in [0, 0.05) is 35.5 Å². The maximum Gasteiger partial charge on any atom is 0.326 e. The van der Waals surface area contributed by atoms with Gasteiger partial charge in [0.2, 0.25) is 0 Å². The van der Waals surface area contributed by atoms with Crippen LogP contribution in [0.25, 0.3) is 33.3 Å². The van der Waals surface area contributed by atoms with E-state index in [4.69, 9.17) is 5.84 Å². The van der Waals surface area contributed by atoms with E-state index in [9.17, 15) is 19.5 Å². The average molecular weight is 482 g/mol. The van der Waals surface area contributed by atoms with Crippen molar-refractivity contribution in [2.75, 3.05) is 6.54 Å². The third-order valence-electron chi connectivity index (χ3n) is 6.43. The lowest BCUT2D eigenvalue weighted by atomic mass is 10.00. The SMILES string of the molecule is NNC(=O)c1cc(-c2ccc(-c3ccc(C(=O)N4CCC[C@@H]4C(=O)O)cc3)cc2)nc2ccncc12. The highest BCUT2D eigenvalue weighted by molar-refractivity contribution is 6.06. The van der Waals surface area contributed by atoms with Crippen LogP contribution in [0.15, 0.2) is 73.1 Å². The van der Waals surface area contributed by atoms with E-state index < -0.39 is 17.9 Å². The fourth-order valence-electron chi connectivity index (χ4n) is 4.55. The minimum absolute atomic E-state index is 0.267. The molecule has 2 aromatic heterocycles. The Bertz CT molecular complexity index is 1470. The molecule has 1 aliphatic rings. The Labute approximate surface area is 206 Å². The maximum absolute atomic E-state index is 12.8. The summed E-state index contributed by atoms with van der Waals surface area (Å²) >= 11 is 0. The van der Waals surface area contributed by atoms with Gasteiger partial charge in [-0.25, -0.2) is 15.6 Å². The third-order valence-corrected chi connectivity index (χ3v) is 6.43. The summed E-state index contributed by atoms with van der Waals surface area (Å²) in [5.74, 6) is 3.70. The zero-order chi connectivity index (χ0) is 25.2. The normalized spacial score (nSPS) is 15.1. The van der Waals surface area contributed by atoms with Gasteiger partial charge in [0.1, 0.15) is 6.04 Å². The highest BCUT2D eigenvalue weighted by Gasteiger charge is 2.34. The Morgan fingerprint density at radius 3 is 2.31 bits per heavy atom. The topological polar surface area (TPSA) is 139 Å². The van der Waals surface area contributed by atoms with Crippen molar-refractivity contribution in [2.45, 2.75) is 18.9 Å². The summed E-state index contributed by atoms with van der Waals surface area (Å²) in [7, 11) is 0. The van der Waals surface area contributed by atoms with E-state index in [0.717, 1.165) is 16.7 Å². The van der Waals surface area contributed by atoms with Crippen LogP contribution < -0.4 is 11.3 Å². The summed E-state index contributed by atoms with van der Waals surface area (Å²) in [4.78, 5) is 46.7. The number of nitrogens with two attached hydrogens (primary N) is 1. The second-order valence-corrected chi connectivity index (χ2v) is 8.57. The monoisotopic (exact) mass is 481 g/mol. The number of aliphatic carboxylic acids is 1. The quantitative estimate of drug-likeness (QED) is 0.226. The van der Waals surface area contributed by atoms with Gasteiger partial charge in [-0.1, -0.05) is 36.4 Å². The molecule has 3 heterocycles. The summed E-state index contributed by atoms with van der Waals surface area (Å²) in [6.07, 6.45) is 4.37. The van der Waals surface area contributed by atoms with Gasteiger partial charge in [-0.2, -0.15) is 0 Å². The number of nitrogens with zero attached hydrogens (tertiary/aromatic N) is 3. The van der Waals surface area contributed by atoms with E-state index in [1.165, 1.54) is 4.90 Å². The summed E-state index contributed by atoms with van der Waals surface area (Å²) in [5.41, 5.74) is 6.95. The Kier molecular flexibility index (Phi) is 6.14. The molecular weight excluding hydrogens is 458 g/mol. The predicted octanol–water partition coefficient (Wildman–Crippen LogP) is 3.26. The molecule has 0 unspecified atom stereocenters. The van der Waals surface area contributed by atoms with Crippen molar-refractivity contribution in [3.05, 3.63) is 84.2 Å². The molecular formula is C27H23N5O4. The van der Waals surface area contributed by atoms with Crippen LogP contribution in [0.5, 0.6) is 0 Å². The lowest BCUT2D eigenvalue weighted by molar-refractivity contribution is -0.141. The van der Waals surface area contributed by atoms with Crippen molar-refractivity contribution in [1.82, 2.24) is 20.3 Å². The molecule has 4 aromatic rings. The predicted molar refractivity (Wildman–Crippen MR) is 134 cm³/mol. The summed E-state index contributed by atoms with van der Waals surface area (Å²) in [5, 5.41) is 9.97. The van der Waals surface area contributed by atoms with E-state index >= 15 is 0 Å². The van der Waals surface area contributed by atoms with Gasteiger partial charge in [0.05, 0.1) is 16.8 Å². The number of hydrogen-bond acceptors (Lipinski definition) is 6. The Hall–Kier alpha value is -4.63. The number of hydrazine groups is 1. The first-order chi connectivity index (χ1) is 17.5. The van der Waals surface area contributed by atoms with Gasteiger partial charge in [0.25, 0.3) is 11.8 Å². The average Bonchev–Trinajstić information content (AvgIpc) is 3.42. The second-order valence-electron chi connectivity index (χ2n) is 8.57. The van der Waals surface area contributed by atoms with Crippen LogP contribution in [-0.2, 0) is 4.79 Å². The van der Waals surface area contributed by atoms with Gasteiger partial charge in [-0.05, 0) is 48.2 Å². The summed E-state index contributed by atoms with van der Waals surface area (Å²) < 4.78 is 0. The number of amides is 2. The van der Waals surface area contributed by atoms with Crippen molar-refractivity contribution in [3.8, 4) is 22.4 Å². The zero-order valence-corrected chi connectivity index (χ0v) is 19.2. The molecule has 1 atom stereocenters. The van der Waals surface area contributed by atoms with Gasteiger partial charge in [0.15, 0.2) is 0 Å². The number of nitrogen functional groups attached to an aromatic ring is 1. The van der Waals surface area contributed by atoms with Crippen LogP contribution in [0.1, 0.15) is 33.6 Å². The van der Waals surface area contributed by atoms with Gasteiger partial charge in [-0.15, -0.1) is 0 Å². The van der Waals surface area contributed by atoms with Crippen LogP contribution in [0, 0.1) is 0 Å². The zero-order valence-electron chi connectivity index (χ0n) is 19.2. The van der Waals surface area contributed by atoms with E-state index in [0.29, 0.717) is 47.1 Å².